The van der Waals surface area contributed by atoms with Crippen LogP contribution < -0.4 is 15.4 Å². The van der Waals surface area contributed by atoms with Gasteiger partial charge in [-0.25, -0.2) is 0 Å². The Bertz CT molecular complexity index is 1690. The van der Waals surface area contributed by atoms with Crippen LogP contribution in [-0.4, -0.2) is 40.7 Å². The summed E-state index contributed by atoms with van der Waals surface area (Å²) in [7, 11) is 3.49. The number of hydrogen-bond donors (Lipinski definition) is 6. The molecule has 0 aliphatic rings. The number of hydrogen-bond acceptors (Lipinski definition) is 4. The van der Waals surface area contributed by atoms with Crippen molar-refractivity contribution in [2.45, 2.75) is 0 Å². The molecule has 8 nitrogen and oxygen atoms in total. The molecule has 6 aromatic rings. The topological polar surface area (TPSA) is 125 Å². The number of ether oxygens (including phenoxy) is 1. The van der Waals surface area contributed by atoms with E-state index in [1.54, 1.807) is 20.3 Å². The molecule has 3 aromatic heterocycles. The molecule has 0 spiro atoms. The molecule has 3 heterocycles. The molecule has 0 aliphatic carbocycles. The number of nitrogens with one attached hydrogen (secondary N) is 6. The van der Waals surface area contributed by atoms with Crippen molar-refractivity contribution < 1.29 is 4.74 Å². The average molecular weight is 514 g/mol. The van der Waals surface area contributed by atoms with E-state index in [0.29, 0.717) is 17.4 Å². The lowest BCUT2D eigenvalue weighted by Gasteiger charge is -2.07. The Hall–Kier alpha value is -5.37. The fourth-order valence-corrected chi connectivity index (χ4v) is 4.59. The zero-order valence-electron chi connectivity index (χ0n) is 21.5. The van der Waals surface area contributed by atoms with E-state index >= 15 is 0 Å². The second kappa shape index (κ2) is 9.83. The molecule has 0 radical (unpaired) electrons. The smallest absolute Gasteiger partial charge is 0.145 e. The maximum absolute atomic E-state index is 7.99. The number of nitrogens with zero attached hydrogens (tertiary/aromatic N) is 1. The number of benzene rings is 3. The van der Waals surface area contributed by atoms with Crippen molar-refractivity contribution in [1.82, 2.24) is 25.6 Å². The van der Waals surface area contributed by atoms with Gasteiger partial charge in [-0.1, -0.05) is 24.3 Å². The summed E-state index contributed by atoms with van der Waals surface area (Å²) < 4.78 is 6.04. The van der Waals surface area contributed by atoms with Crippen LogP contribution in [0.3, 0.4) is 0 Å². The van der Waals surface area contributed by atoms with Gasteiger partial charge in [0.05, 0.1) is 17.6 Å². The highest BCUT2D eigenvalue weighted by atomic mass is 16.5. The van der Waals surface area contributed by atoms with Gasteiger partial charge in [0.15, 0.2) is 0 Å². The number of amidine groups is 2. The van der Waals surface area contributed by atoms with Gasteiger partial charge < -0.3 is 25.3 Å². The first-order valence-corrected chi connectivity index (χ1v) is 12.5. The predicted molar refractivity (Wildman–Crippen MR) is 157 cm³/mol. The Balaban J connectivity index is 1.16. The van der Waals surface area contributed by atoms with E-state index in [1.165, 1.54) is 0 Å². The standard InChI is InChI=1S/C31H27N7O/c1-34-30(32)21-5-3-19-13-26(37-27(19)15-21)18-7-9-23(10-8-18)39-24-11-12-25(36-17-24)29-14-20-4-6-22(31(33)35-2)16-28(20)38-29/h3-17,37-38H,1-2H3,(H2,32,34)(H2,33,35). The lowest BCUT2D eigenvalue weighted by molar-refractivity contribution is 0.480. The van der Waals surface area contributed by atoms with Crippen LogP contribution in [0.15, 0.2) is 91.1 Å². The minimum absolute atomic E-state index is 0.378. The summed E-state index contributed by atoms with van der Waals surface area (Å²) >= 11 is 0. The summed E-state index contributed by atoms with van der Waals surface area (Å²) in [5.74, 6) is 2.14. The fraction of sp³-hybridized carbons (Fsp3) is 0.0645. The van der Waals surface area contributed by atoms with Crippen molar-refractivity contribution in [2.75, 3.05) is 14.1 Å². The average Bonchev–Trinajstić information content (AvgIpc) is 3.60. The van der Waals surface area contributed by atoms with Crippen molar-refractivity contribution in [2.24, 2.45) is 0 Å². The quantitative estimate of drug-likeness (QED) is 0.116. The van der Waals surface area contributed by atoms with Crippen molar-refractivity contribution in [3.63, 3.8) is 0 Å². The van der Waals surface area contributed by atoms with Crippen molar-refractivity contribution >= 4 is 33.5 Å². The number of fused-ring (bicyclic) bond motifs is 2. The third kappa shape index (κ3) is 4.71. The second-order valence-electron chi connectivity index (χ2n) is 9.23. The predicted octanol–water partition coefficient (Wildman–Crippen LogP) is 6.26. The zero-order chi connectivity index (χ0) is 26.9. The lowest BCUT2D eigenvalue weighted by Crippen LogP contribution is -2.17. The fourth-order valence-electron chi connectivity index (χ4n) is 4.59. The molecular formula is C31H27N7O. The van der Waals surface area contributed by atoms with Crippen molar-refractivity contribution in [1.29, 1.82) is 10.8 Å². The van der Waals surface area contributed by atoms with Crippen LogP contribution in [0.2, 0.25) is 0 Å². The van der Waals surface area contributed by atoms with Gasteiger partial charge in [0.1, 0.15) is 23.2 Å². The minimum Gasteiger partial charge on any atom is -0.456 e. The molecule has 6 rings (SSSR count). The van der Waals surface area contributed by atoms with Gasteiger partial charge in [0.25, 0.3) is 0 Å². The van der Waals surface area contributed by atoms with E-state index in [-0.39, 0.29) is 0 Å². The van der Waals surface area contributed by atoms with Crippen LogP contribution in [0, 0.1) is 10.8 Å². The molecule has 6 N–H and O–H groups in total. The normalized spacial score (nSPS) is 11.0. The van der Waals surface area contributed by atoms with Crippen LogP contribution in [0.25, 0.3) is 44.5 Å². The zero-order valence-corrected chi connectivity index (χ0v) is 21.5. The first-order valence-electron chi connectivity index (χ1n) is 12.5. The Morgan fingerprint density at radius 3 is 1.79 bits per heavy atom. The third-order valence-electron chi connectivity index (χ3n) is 6.74. The lowest BCUT2D eigenvalue weighted by atomic mass is 10.1. The Kier molecular flexibility index (Phi) is 6.05. The minimum atomic E-state index is 0.378. The largest absolute Gasteiger partial charge is 0.456 e. The SMILES string of the molecule is CNC(=N)c1ccc2cc(-c3ccc(Oc4ccc(-c5cc6ccc(C(=N)NC)cc6[nH]5)nc4)cc3)[nH]c2c1. The third-order valence-corrected chi connectivity index (χ3v) is 6.74. The second-order valence-corrected chi connectivity index (χ2v) is 9.23. The molecule has 0 aliphatic heterocycles. The number of H-pyrrole nitrogens is 2. The highest BCUT2D eigenvalue weighted by molar-refractivity contribution is 6.01. The molecule has 0 amide bonds. The molecule has 0 unspecified atom stereocenters. The van der Waals surface area contributed by atoms with E-state index in [9.17, 15) is 0 Å². The molecule has 0 fully saturated rings. The first-order chi connectivity index (χ1) is 19.0. The summed E-state index contributed by atoms with van der Waals surface area (Å²) in [5, 5.41) is 23.9. The maximum Gasteiger partial charge on any atom is 0.145 e. The Morgan fingerprint density at radius 1 is 0.667 bits per heavy atom. The van der Waals surface area contributed by atoms with Crippen molar-refractivity contribution in [3.8, 4) is 34.1 Å². The molecule has 8 heteroatoms. The van der Waals surface area contributed by atoms with Gasteiger partial charge in [0, 0.05) is 52.7 Å². The molecule has 0 bridgehead atoms. The molecule has 0 saturated heterocycles. The summed E-state index contributed by atoms with van der Waals surface area (Å²) in [6, 6.07) is 27.8. The molecule has 39 heavy (non-hydrogen) atoms. The highest BCUT2D eigenvalue weighted by Crippen LogP contribution is 2.29. The Morgan fingerprint density at radius 2 is 1.23 bits per heavy atom. The molecule has 0 atom stereocenters. The molecule has 192 valence electrons. The number of rotatable bonds is 6. The van der Waals surface area contributed by atoms with Gasteiger partial charge >= 0.3 is 0 Å². The van der Waals surface area contributed by atoms with Gasteiger partial charge in [0.2, 0.25) is 0 Å². The molecular weight excluding hydrogens is 486 g/mol. The van der Waals surface area contributed by atoms with E-state index < -0.39 is 0 Å². The summed E-state index contributed by atoms with van der Waals surface area (Å²) in [4.78, 5) is 11.4. The highest BCUT2D eigenvalue weighted by Gasteiger charge is 2.09. The first kappa shape index (κ1) is 24.0. The van der Waals surface area contributed by atoms with Gasteiger partial charge in [-0.05, 0) is 66.2 Å². The van der Waals surface area contributed by atoms with Crippen LogP contribution in [0.1, 0.15) is 11.1 Å². The van der Waals surface area contributed by atoms with Gasteiger partial charge in [-0.2, -0.15) is 0 Å². The molecule has 3 aromatic carbocycles. The van der Waals surface area contributed by atoms with Crippen LogP contribution in [0.5, 0.6) is 11.5 Å². The number of pyridine rings is 1. The van der Waals surface area contributed by atoms with Gasteiger partial charge in [-0.3, -0.25) is 15.8 Å². The van der Waals surface area contributed by atoms with Crippen molar-refractivity contribution in [3.05, 3.63) is 102 Å². The van der Waals surface area contributed by atoms with Crippen LogP contribution in [-0.2, 0) is 0 Å². The van der Waals surface area contributed by atoms with E-state index in [4.69, 9.17) is 15.6 Å². The van der Waals surface area contributed by atoms with E-state index in [0.717, 1.165) is 61.3 Å². The molecule has 0 saturated carbocycles. The maximum atomic E-state index is 7.99. The summed E-state index contributed by atoms with van der Waals surface area (Å²) in [6.07, 6.45) is 1.72. The number of aromatic nitrogens is 3. The summed E-state index contributed by atoms with van der Waals surface area (Å²) in [5.41, 5.74) is 7.37. The van der Waals surface area contributed by atoms with Gasteiger partial charge in [-0.15, -0.1) is 0 Å². The summed E-state index contributed by atoms with van der Waals surface area (Å²) in [6.45, 7) is 0. The number of aromatic amines is 2. The van der Waals surface area contributed by atoms with E-state index in [2.05, 4.69) is 37.7 Å². The van der Waals surface area contributed by atoms with Crippen LogP contribution >= 0.6 is 0 Å². The monoisotopic (exact) mass is 513 g/mol. The van der Waals surface area contributed by atoms with Crippen LogP contribution in [0.4, 0.5) is 0 Å². The van der Waals surface area contributed by atoms with E-state index in [1.807, 2.05) is 72.8 Å². The Labute approximate surface area is 225 Å².